The number of rotatable bonds is 3. The zero-order chi connectivity index (χ0) is 20.0. The Kier molecular flexibility index (Phi) is 4.98. The summed E-state index contributed by atoms with van der Waals surface area (Å²) >= 11 is 3.36. The number of sulfonamides is 1. The Morgan fingerprint density at radius 2 is 1.93 bits per heavy atom. The monoisotopic (exact) mass is 452 g/mol. The summed E-state index contributed by atoms with van der Waals surface area (Å²) in [4.78, 5) is 13.7. The zero-order valence-corrected chi connectivity index (χ0v) is 17.9. The Hall–Kier alpha value is -2.06. The number of aryl methyl sites for hydroxylation is 1. The van der Waals surface area contributed by atoms with Crippen LogP contribution in [0.15, 0.2) is 45.8 Å². The van der Waals surface area contributed by atoms with Gasteiger partial charge in [0.15, 0.2) is 0 Å². The van der Waals surface area contributed by atoms with Crippen LogP contribution in [-0.4, -0.2) is 26.5 Å². The van der Waals surface area contributed by atoms with Gasteiger partial charge in [0.2, 0.25) is 5.91 Å². The number of halogens is 1. The number of carbonyl (C=O) groups excluding carboxylic acids is 1. The second kappa shape index (κ2) is 6.83. The Bertz CT molecular complexity index is 1020. The van der Waals surface area contributed by atoms with Crippen molar-refractivity contribution in [3.8, 4) is 5.75 Å². The Balaban J connectivity index is 2.00. The highest BCUT2D eigenvalue weighted by molar-refractivity contribution is 9.10. The van der Waals surface area contributed by atoms with Crippen molar-refractivity contribution < 1.29 is 17.9 Å². The highest BCUT2D eigenvalue weighted by atomic mass is 79.9. The Morgan fingerprint density at radius 3 is 2.56 bits per heavy atom. The summed E-state index contributed by atoms with van der Waals surface area (Å²) in [6, 6.07) is 9.85. The Morgan fingerprint density at radius 1 is 1.22 bits per heavy atom. The van der Waals surface area contributed by atoms with Crippen molar-refractivity contribution in [3.05, 3.63) is 46.4 Å². The number of hydrogen-bond acceptors (Lipinski definition) is 4. The van der Waals surface area contributed by atoms with Crippen molar-refractivity contribution in [1.82, 2.24) is 0 Å². The van der Waals surface area contributed by atoms with Gasteiger partial charge in [-0.2, -0.15) is 0 Å². The molecule has 0 fully saturated rings. The van der Waals surface area contributed by atoms with E-state index in [0.717, 1.165) is 10.0 Å². The maximum atomic E-state index is 12.9. The van der Waals surface area contributed by atoms with E-state index in [1.165, 1.54) is 19.1 Å². The summed E-state index contributed by atoms with van der Waals surface area (Å²) in [7, 11) is -3.82. The minimum atomic E-state index is -3.82. The molecular weight excluding hydrogens is 432 g/mol. The number of amides is 1. The molecule has 0 saturated carbocycles. The van der Waals surface area contributed by atoms with E-state index >= 15 is 0 Å². The van der Waals surface area contributed by atoms with E-state index in [0.29, 0.717) is 23.7 Å². The van der Waals surface area contributed by atoms with E-state index in [9.17, 15) is 13.2 Å². The molecule has 0 atom stereocenters. The lowest BCUT2D eigenvalue weighted by Gasteiger charge is -2.39. The maximum Gasteiger partial charge on any atom is 0.261 e. The SMILES string of the molecule is CC(=O)N1CC(C)(C)Oc2ccc(S(=O)(=O)Nc3ccc(Br)cc3C)cc21. The summed E-state index contributed by atoms with van der Waals surface area (Å²) in [6.45, 7) is 7.39. The molecule has 0 unspecified atom stereocenters. The zero-order valence-electron chi connectivity index (χ0n) is 15.5. The van der Waals surface area contributed by atoms with Gasteiger partial charge in [-0.15, -0.1) is 0 Å². The summed E-state index contributed by atoms with van der Waals surface area (Å²) in [6.07, 6.45) is 0. The molecular formula is C19H21BrN2O4S. The first-order valence-electron chi connectivity index (χ1n) is 8.39. The summed E-state index contributed by atoms with van der Waals surface area (Å²) in [5.41, 5.74) is 1.20. The first-order valence-corrected chi connectivity index (χ1v) is 10.7. The average molecular weight is 453 g/mol. The van der Waals surface area contributed by atoms with Crippen LogP contribution in [0.25, 0.3) is 0 Å². The van der Waals surface area contributed by atoms with Crippen molar-refractivity contribution in [1.29, 1.82) is 0 Å². The predicted octanol–water partition coefficient (Wildman–Crippen LogP) is 4.08. The van der Waals surface area contributed by atoms with Gasteiger partial charge < -0.3 is 9.64 Å². The fraction of sp³-hybridized carbons (Fsp3) is 0.316. The van der Waals surface area contributed by atoms with Crippen LogP contribution in [0.4, 0.5) is 11.4 Å². The van der Waals surface area contributed by atoms with Gasteiger partial charge in [0.1, 0.15) is 11.4 Å². The van der Waals surface area contributed by atoms with Crippen LogP contribution in [0.3, 0.4) is 0 Å². The van der Waals surface area contributed by atoms with Gasteiger partial charge in [0.25, 0.3) is 10.0 Å². The molecule has 0 radical (unpaired) electrons. The molecule has 144 valence electrons. The molecule has 2 aromatic carbocycles. The fourth-order valence-electron chi connectivity index (χ4n) is 2.98. The van der Waals surface area contributed by atoms with Crippen LogP contribution in [0.2, 0.25) is 0 Å². The third-order valence-electron chi connectivity index (χ3n) is 4.27. The molecule has 8 heteroatoms. The van der Waals surface area contributed by atoms with Crippen LogP contribution in [-0.2, 0) is 14.8 Å². The van der Waals surface area contributed by atoms with Crippen LogP contribution >= 0.6 is 15.9 Å². The molecule has 0 spiro atoms. The highest BCUT2D eigenvalue weighted by Crippen LogP contribution is 2.39. The minimum Gasteiger partial charge on any atom is -0.484 e. The first-order chi connectivity index (χ1) is 12.5. The second-order valence-corrected chi connectivity index (χ2v) is 9.76. The number of fused-ring (bicyclic) bond motifs is 1. The van der Waals surface area contributed by atoms with E-state index in [-0.39, 0.29) is 10.8 Å². The lowest BCUT2D eigenvalue weighted by molar-refractivity contribution is -0.117. The summed E-state index contributed by atoms with van der Waals surface area (Å²) in [5.74, 6) is 0.319. The molecule has 0 aromatic heterocycles. The Labute approximate surface area is 167 Å². The van der Waals surface area contributed by atoms with Gasteiger partial charge in [-0.05, 0) is 62.7 Å². The number of anilines is 2. The van der Waals surface area contributed by atoms with Crippen molar-refractivity contribution in [2.24, 2.45) is 0 Å². The van der Waals surface area contributed by atoms with Crippen molar-refractivity contribution >= 4 is 43.2 Å². The number of hydrogen-bond donors (Lipinski definition) is 1. The van der Waals surface area contributed by atoms with Gasteiger partial charge in [0.05, 0.1) is 22.8 Å². The van der Waals surface area contributed by atoms with Crippen molar-refractivity contribution in [2.45, 2.75) is 38.2 Å². The van der Waals surface area contributed by atoms with Gasteiger partial charge in [-0.1, -0.05) is 15.9 Å². The molecule has 1 aliphatic rings. The van der Waals surface area contributed by atoms with E-state index in [1.54, 1.807) is 23.1 Å². The normalized spacial score (nSPS) is 15.7. The van der Waals surface area contributed by atoms with Gasteiger partial charge in [0, 0.05) is 11.4 Å². The number of nitrogens with one attached hydrogen (secondary N) is 1. The number of ether oxygens (including phenoxy) is 1. The van der Waals surface area contributed by atoms with Crippen molar-refractivity contribution in [3.63, 3.8) is 0 Å². The fourth-order valence-corrected chi connectivity index (χ4v) is 4.61. The van der Waals surface area contributed by atoms with Crippen LogP contribution < -0.4 is 14.4 Å². The maximum absolute atomic E-state index is 12.9. The molecule has 1 N–H and O–H groups in total. The molecule has 1 amide bonds. The predicted molar refractivity (Wildman–Crippen MR) is 109 cm³/mol. The van der Waals surface area contributed by atoms with Crippen molar-refractivity contribution in [2.75, 3.05) is 16.2 Å². The number of nitrogens with zero attached hydrogens (tertiary/aromatic N) is 1. The topological polar surface area (TPSA) is 75.7 Å². The van der Waals surface area contributed by atoms with E-state index in [4.69, 9.17) is 4.74 Å². The molecule has 3 rings (SSSR count). The highest BCUT2D eigenvalue weighted by Gasteiger charge is 2.34. The molecule has 2 aromatic rings. The third-order valence-corrected chi connectivity index (χ3v) is 6.13. The molecule has 1 aliphatic heterocycles. The van der Waals surface area contributed by atoms with Crippen LogP contribution in [0.1, 0.15) is 26.3 Å². The van der Waals surface area contributed by atoms with Crippen LogP contribution in [0, 0.1) is 6.92 Å². The first kappa shape index (κ1) is 19.7. The van der Waals surface area contributed by atoms with Gasteiger partial charge in [-0.3, -0.25) is 9.52 Å². The lowest BCUT2D eigenvalue weighted by atomic mass is 10.1. The second-order valence-electron chi connectivity index (χ2n) is 7.16. The molecule has 0 bridgehead atoms. The summed E-state index contributed by atoms with van der Waals surface area (Å²) < 4.78 is 35.1. The quantitative estimate of drug-likeness (QED) is 0.760. The van der Waals surface area contributed by atoms with Crippen LogP contribution in [0.5, 0.6) is 5.75 Å². The molecule has 6 nitrogen and oxygen atoms in total. The number of benzene rings is 2. The molecule has 27 heavy (non-hydrogen) atoms. The van der Waals surface area contributed by atoms with E-state index in [1.807, 2.05) is 26.8 Å². The molecule has 0 saturated heterocycles. The minimum absolute atomic E-state index is 0.0677. The third kappa shape index (κ3) is 4.11. The smallest absolute Gasteiger partial charge is 0.261 e. The van der Waals surface area contributed by atoms with Gasteiger partial charge >= 0.3 is 0 Å². The van der Waals surface area contributed by atoms with Gasteiger partial charge in [-0.25, -0.2) is 8.42 Å². The van der Waals surface area contributed by atoms with E-state index < -0.39 is 15.6 Å². The average Bonchev–Trinajstić information content (AvgIpc) is 2.55. The largest absolute Gasteiger partial charge is 0.484 e. The van der Waals surface area contributed by atoms with E-state index in [2.05, 4.69) is 20.7 Å². The lowest BCUT2D eigenvalue weighted by Crippen LogP contribution is -2.48. The standard InChI is InChI=1S/C19H21BrN2O4S/c1-12-9-14(20)5-7-16(12)21-27(24,25)15-6-8-18-17(10-15)22(13(2)23)11-19(3,4)26-18/h5-10,21H,11H2,1-4H3. The number of carbonyl (C=O) groups is 1. The molecule has 1 heterocycles. The summed E-state index contributed by atoms with van der Waals surface area (Å²) in [5, 5.41) is 0. The molecule has 0 aliphatic carbocycles.